The Kier molecular flexibility index (Phi) is 7.30. The van der Waals surface area contributed by atoms with Crippen LogP contribution in [0.2, 0.25) is 0 Å². The number of hydrogen-bond acceptors (Lipinski definition) is 5. The standard InChI is InChI=1S/C19H19FN2O5/c1-2-26-19(25)27-16-9-5-14(6-10-16)18(24)22-12-11-21-17(23)13-3-7-15(20)8-4-13/h3-10H,2,11-12H2,1H3,(H,21,23)(H,22,24). The van der Waals surface area contributed by atoms with Crippen molar-refractivity contribution in [2.24, 2.45) is 0 Å². The van der Waals surface area contributed by atoms with Crippen molar-refractivity contribution < 1.29 is 28.2 Å². The maximum atomic E-state index is 12.8. The van der Waals surface area contributed by atoms with Crippen LogP contribution in [0.1, 0.15) is 27.6 Å². The number of nitrogens with one attached hydrogen (secondary N) is 2. The van der Waals surface area contributed by atoms with E-state index in [0.29, 0.717) is 11.1 Å². The molecule has 0 fully saturated rings. The van der Waals surface area contributed by atoms with Gasteiger partial charge in [-0.3, -0.25) is 9.59 Å². The molecule has 2 rings (SSSR count). The van der Waals surface area contributed by atoms with E-state index in [0.717, 1.165) is 0 Å². The highest BCUT2D eigenvalue weighted by Gasteiger charge is 2.09. The molecule has 142 valence electrons. The summed E-state index contributed by atoms with van der Waals surface area (Å²) in [4.78, 5) is 35.1. The third-order valence-corrected chi connectivity index (χ3v) is 3.38. The van der Waals surface area contributed by atoms with Crippen molar-refractivity contribution in [2.45, 2.75) is 6.92 Å². The van der Waals surface area contributed by atoms with Gasteiger partial charge in [0, 0.05) is 24.2 Å². The van der Waals surface area contributed by atoms with E-state index in [4.69, 9.17) is 4.74 Å². The summed E-state index contributed by atoms with van der Waals surface area (Å²) in [5.41, 5.74) is 0.705. The number of carbonyl (C=O) groups excluding carboxylic acids is 3. The van der Waals surface area contributed by atoms with Crippen LogP contribution < -0.4 is 15.4 Å². The molecule has 0 spiro atoms. The molecule has 0 saturated carbocycles. The van der Waals surface area contributed by atoms with Gasteiger partial charge in [0.25, 0.3) is 11.8 Å². The van der Waals surface area contributed by atoms with Crippen LogP contribution in [0.5, 0.6) is 5.75 Å². The molecule has 0 atom stereocenters. The molecule has 0 aliphatic rings. The quantitative estimate of drug-likeness (QED) is 0.441. The van der Waals surface area contributed by atoms with E-state index >= 15 is 0 Å². The summed E-state index contributed by atoms with van der Waals surface area (Å²) in [6, 6.07) is 11.1. The summed E-state index contributed by atoms with van der Waals surface area (Å²) < 4.78 is 22.4. The molecule has 8 heteroatoms. The van der Waals surface area contributed by atoms with E-state index < -0.39 is 12.0 Å². The minimum atomic E-state index is -0.813. The van der Waals surface area contributed by atoms with E-state index in [1.807, 2.05) is 0 Å². The van der Waals surface area contributed by atoms with E-state index in [1.165, 1.54) is 48.5 Å². The second kappa shape index (κ2) is 9.91. The highest BCUT2D eigenvalue weighted by Crippen LogP contribution is 2.13. The lowest BCUT2D eigenvalue weighted by Crippen LogP contribution is -2.34. The zero-order valence-corrected chi connectivity index (χ0v) is 14.7. The Labute approximate surface area is 155 Å². The molecular formula is C19H19FN2O5. The zero-order chi connectivity index (χ0) is 19.6. The lowest BCUT2D eigenvalue weighted by Gasteiger charge is -2.08. The van der Waals surface area contributed by atoms with Crippen LogP contribution in [0.15, 0.2) is 48.5 Å². The van der Waals surface area contributed by atoms with Crippen LogP contribution >= 0.6 is 0 Å². The third-order valence-electron chi connectivity index (χ3n) is 3.38. The first-order valence-electron chi connectivity index (χ1n) is 8.26. The highest BCUT2D eigenvalue weighted by atomic mass is 19.1. The maximum absolute atomic E-state index is 12.8. The molecular weight excluding hydrogens is 355 g/mol. The number of hydrogen-bond donors (Lipinski definition) is 2. The fraction of sp³-hybridized carbons (Fsp3) is 0.211. The van der Waals surface area contributed by atoms with Crippen molar-refractivity contribution in [1.82, 2.24) is 10.6 Å². The van der Waals surface area contributed by atoms with Gasteiger partial charge in [0.1, 0.15) is 11.6 Å². The van der Waals surface area contributed by atoms with E-state index in [2.05, 4.69) is 15.4 Å². The van der Waals surface area contributed by atoms with Crippen LogP contribution in [0.25, 0.3) is 0 Å². The Morgan fingerprint density at radius 3 is 1.81 bits per heavy atom. The average Bonchev–Trinajstić information content (AvgIpc) is 2.66. The topological polar surface area (TPSA) is 93.7 Å². The molecule has 0 bridgehead atoms. The zero-order valence-electron chi connectivity index (χ0n) is 14.7. The molecule has 2 aromatic rings. The van der Waals surface area contributed by atoms with E-state index in [9.17, 15) is 18.8 Å². The molecule has 0 unspecified atom stereocenters. The summed E-state index contributed by atoms with van der Waals surface area (Å²) in [5.74, 6) is -0.854. The van der Waals surface area contributed by atoms with Gasteiger partial charge < -0.3 is 20.1 Å². The van der Waals surface area contributed by atoms with Gasteiger partial charge in [-0.25, -0.2) is 9.18 Å². The largest absolute Gasteiger partial charge is 0.513 e. The number of carbonyl (C=O) groups is 3. The van der Waals surface area contributed by atoms with Gasteiger partial charge in [-0.15, -0.1) is 0 Å². The molecule has 0 aliphatic heterocycles. The number of amides is 2. The second-order valence-corrected chi connectivity index (χ2v) is 5.33. The Morgan fingerprint density at radius 1 is 0.852 bits per heavy atom. The summed E-state index contributed by atoms with van der Waals surface area (Å²) in [6.45, 7) is 2.30. The van der Waals surface area contributed by atoms with Gasteiger partial charge >= 0.3 is 6.16 Å². The molecule has 2 aromatic carbocycles. The first-order valence-corrected chi connectivity index (χ1v) is 8.26. The third kappa shape index (κ3) is 6.43. The van der Waals surface area contributed by atoms with Gasteiger partial charge in [0.05, 0.1) is 6.61 Å². The minimum absolute atomic E-state index is 0.205. The Hall–Kier alpha value is -3.42. The molecule has 0 saturated heterocycles. The molecule has 2 N–H and O–H groups in total. The molecule has 0 heterocycles. The van der Waals surface area contributed by atoms with Gasteiger partial charge in [-0.05, 0) is 55.5 Å². The lowest BCUT2D eigenvalue weighted by molar-refractivity contribution is 0.0927. The van der Waals surface area contributed by atoms with Crippen molar-refractivity contribution in [3.05, 3.63) is 65.5 Å². The SMILES string of the molecule is CCOC(=O)Oc1ccc(C(=O)NCCNC(=O)c2ccc(F)cc2)cc1. The second-order valence-electron chi connectivity index (χ2n) is 5.33. The maximum Gasteiger partial charge on any atom is 0.513 e. The normalized spacial score (nSPS) is 10.0. The molecule has 0 aromatic heterocycles. The molecule has 7 nitrogen and oxygen atoms in total. The molecule has 0 aliphatic carbocycles. The fourth-order valence-electron chi connectivity index (χ4n) is 2.08. The van der Waals surface area contributed by atoms with Crippen LogP contribution in [-0.4, -0.2) is 37.7 Å². The van der Waals surface area contributed by atoms with Crippen molar-refractivity contribution in [2.75, 3.05) is 19.7 Å². The minimum Gasteiger partial charge on any atom is -0.434 e. The first kappa shape index (κ1) is 19.9. The van der Waals surface area contributed by atoms with Crippen LogP contribution in [0.4, 0.5) is 9.18 Å². The van der Waals surface area contributed by atoms with Crippen molar-refractivity contribution >= 4 is 18.0 Å². The van der Waals surface area contributed by atoms with E-state index in [-0.39, 0.29) is 37.3 Å². The molecule has 27 heavy (non-hydrogen) atoms. The average molecular weight is 374 g/mol. The Bertz CT molecular complexity index is 791. The van der Waals surface area contributed by atoms with Gasteiger partial charge in [0.2, 0.25) is 0 Å². The Balaban J connectivity index is 1.74. The van der Waals surface area contributed by atoms with E-state index in [1.54, 1.807) is 6.92 Å². The predicted octanol–water partition coefficient (Wildman–Crippen LogP) is 2.52. The van der Waals surface area contributed by atoms with Crippen LogP contribution in [-0.2, 0) is 4.74 Å². The summed E-state index contributed by atoms with van der Waals surface area (Å²) in [6.07, 6.45) is -0.813. The number of benzene rings is 2. The van der Waals surface area contributed by atoms with Gasteiger partial charge in [0.15, 0.2) is 0 Å². The van der Waals surface area contributed by atoms with Gasteiger partial charge in [-0.1, -0.05) is 0 Å². The summed E-state index contributed by atoms with van der Waals surface area (Å²) in [7, 11) is 0. The smallest absolute Gasteiger partial charge is 0.434 e. The van der Waals surface area contributed by atoms with Crippen molar-refractivity contribution in [1.29, 1.82) is 0 Å². The van der Waals surface area contributed by atoms with Crippen LogP contribution in [0.3, 0.4) is 0 Å². The van der Waals surface area contributed by atoms with Crippen molar-refractivity contribution in [3.63, 3.8) is 0 Å². The fourth-order valence-corrected chi connectivity index (χ4v) is 2.08. The van der Waals surface area contributed by atoms with Crippen LogP contribution in [0, 0.1) is 5.82 Å². The number of halogens is 1. The monoisotopic (exact) mass is 374 g/mol. The number of ether oxygens (including phenoxy) is 2. The first-order chi connectivity index (χ1) is 13.0. The summed E-state index contributed by atoms with van der Waals surface area (Å²) >= 11 is 0. The predicted molar refractivity (Wildman–Crippen MR) is 95.2 cm³/mol. The highest BCUT2D eigenvalue weighted by molar-refractivity contribution is 5.95. The van der Waals surface area contributed by atoms with Gasteiger partial charge in [-0.2, -0.15) is 0 Å². The molecule has 2 amide bonds. The lowest BCUT2D eigenvalue weighted by atomic mass is 10.2. The Morgan fingerprint density at radius 2 is 1.33 bits per heavy atom. The summed E-state index contributed by atoms with van der Waals surface area (Å²) in [5, 5.41) is 5.27. The molecule has 0 radical (unpaired) electrons. The number of rotatable bonds is 7. The van der Waals surface area contributed by atoms with Crippen molar-refractivity contribution in [3.8, 4) is 5.75 Å².